The molecule has 2 aromatic rings. The Morgan fingerprint density at radius 2 is 2.05 bits per heavy atom. The fourth-order valence-electron chi connectivity index (χ4n) is 2.40. The summed E-state index contributed by atoms with van der Waals surface area (Å²) in [5.41, 5.74) is 1.93. The summed E-state index contributed by atoms with van der Waals surface area (Å²) in [4.78, 5) is 20.0. The topological polar surface area (TPSA) is 63.0 Å². The van der Waals surface area contributed by atoms with Crippen molar-refractivity contribution in [2.75, 3.05) is 38.2 Å². The molecule has 0 unspecified atom stereocenters. The highest BCUT2D eigenvalue weighted by Crippen LogP contribution is 2.16. The minimum atomic E-state index is -0.264. The van der Waals surface area contributed by atoms with E-state index >= 15 is 0 Å². The van der Waals surface area contributed by atoms with Crippen LogP contribution in [0.4, 0.5) is 10.6 Å². The molecule has 0 radical (unpaired) electrons. The SMILES string of the molecule is COC(=O)N1CCN(c2ccn3ncc(C)c3n2)CC1. The number of hydrogen-bond donors (Lipinski definition) is 0. The lowest BCUT2D eigenvalue weighted by Gasteiger charge is -2.34. The number of ether oxygens (including phenoxy) is 1. The summed E-state index contributed by atoms with van der Waals surface area (Å²) in [6, 6.07) is 1.95. The summed E-state index contributed by atoms with van der Waals surface area (Å²) in [6.07, 6.45) is 3.46. The number of hydrogen-bond acceptors (Lipinski definition) is 5. The van der Waals surface area contributed by atoms with Crippen molar-refractivity contribution in [1.29, 1.82) is 0 Å². The summed E-state index contributed by atoms with van der Waals surface area (Å²) < 4.78 is 6.50. The van der Waals surface area contributed by atoms with E-state index in [9.17, 15) is 4.79 Å². The predicted octanol–water partition coefficient (Wildman–Crippen LogP) is 0.926. The highest BCUT2D eigenvalue weighted by Gasteiger charge is 2.22. The van der Waals surface area contributed by atoms with E-state index in [0.717, 1.165) is 30.1 Å². The van der Waals surface area contributed by atoms with E-state index in [-0.39, 0.29) is 6.09 Å². The number of aryl methyl sites for hydroxylation is 1. The molecule has 106 valence electrons. The molecule has 1 fully saturated rings. The van der Waals surface area contributed by atoms with Gasteiger partial charge in [-0.1, -0.05) is 0 Å². The first kappa shape index (κ1) is 12.7. The molecule has 2 aromatic heterocycles. The van der Waals surface area contributed by atoms with Crippen molar-refractivity contribution < 1.29 is 9.53 Å². The van der Waals surface area contributed by atoms with E-state index in [1.54, 1.807) is 15.6 Å². The van der Waals surface area contributed by atoms with E-state index in [1.165, 1.54) is 7.11 Å². The normalized spacial score (nSPS) is 15.7. The summed E-state index contributed by atoms with van der Waals surface area (Å²) in [7, 11) is 1.41. The molecule has 1 aliphatic heterocycles. The molecular formula is C13H17N5O2. The van der Waals surface area contributed by atoms with Crippen LogP contribution in [-0.2, 0) is 4.74 Å². The number of piperazine rings is 1. The van der Waals surface area contributed by atoms with Crippen LogP contribution in [0, 0.1) is 6.92 Å². The first-order valence-electron chi connectivity index (χ1n) is 6.58. The molecule has 0 aliphatic carbocycles. The van der Waals surface area contributed by atoms with Gasteiger partial charge in [0, 0.05) is 37.9 Å². The quantitative estimate of drug-likeness (QED) is 0.774. The van der Waals surface area contributed by atoms with Crippen molar-refractivity contribution in [2.24, 2.45) is 0 Å². The van der Waals surface area contributed by atoms with E-state index in [4.69, 9.17) is 4.74 Å². The second-order valence-corrected chi connectivity index (χ2v) is 4.83. The zero-order valence-corrected chi connectivity index (χ0v) is 11.6. The van der Waals surface area contributed by atoms with Crippen LogP contribution in [-0.4, -0.2) is 58.9 Å². The minimum absolute atomic E-state index is 0.264. The summed E-state index contributed by atoms with van der Waals surface area (Å²) in [5, 5.41) is 4.22. The molecule has 0 N–H and O–H groups in total. The zero-order chi connectivity index (χ0) is 14.1. The maximum atomic E-state index is 11.5. The summed E-state index contributed by atoms with van der Waals surface area (Å²) in [6.45, 7) is 4.81. The monoisotopic (exact) mass is 275 g/mol. The van der Waals surface area contributed by atoms with Crippen molar-refractivity contribution in [3.8, 4) is 0 Å². The molecule has 3 rings (SSSR count). The van der Waals surface area contributed by atoms with E-state index in [0.29, 0.717) is 13.1 Å². The molecule has 0 saturated carbocycles. The third kappa shape index (κ3) is 2.15. The average Bonchev–Trinajstić information content (AvgIpc) is 2.87. The van der Waals surface area contributed by atoms with Crippen LogP contribution >= 0.6 is 0 Å². The van der Waals surface area contributed by atoms with Gasteiger partial charge in [-0.3, -0.25) is 0 Å². The second kappa shape index (κ2) is 4.99. The van der Waals surface area contributed by atoms with Crippen molar-refractivity contribution >= 4 is 17.6 Å². The van der Waals surface area contributed by atoms with Crippen LogP contribution in [0.3, 0.4) is 0 Å². The second-order valence-electron chi connectivity index (χ2n) is 4.83. The number of rotatable bonds is 1. The fraction of sp³-hybridized carbons (Fsp3) is 0.462. The first-order chi connectivity index (χ1) is 9.69. The van der Waals surface area contributed by atoms with Crippen LogP contribution in [0.2, 0.25) is 0 Å². The van der Waals surface area contributed by atoms with Gasteiger partial charge in [-0.25, -0.2) is 14.3 Å². The number of carbonyl (C=O) groups is 1. The number of aromatic nitrogens is 3. The van der Waals surface area contributed by atoms with Crippen molar-refractivity contribution in [1.82, 2.24) is 19.5 Å². The number of carbonyl (C=O) groups excluding carboxylic acids is 1. The highest BCUT2D eigenvalue weighted by atomic mass is 16.5. The van der Waals surface area contributed by atoms with Gasteiger partial charge in [-0.2, -0.15) is 5.10 Å². The van der Waals surface area contributed by atoms with Gasteiger partial charge in [0.25, 0.3) is 0 Å². The smallest absolute Gasteiger partial charge is 0.409 e. The summed E-state index contributed by atoms with van der Waals surface area (Å²) >= 11 is 0. The Labute approximate surface area is 116 Å². The maximum absolute atomic E-state index is 11.5. The molecule has 0 aromatic carbocycles. The van der Waals surface area contributed by atoms with Crippen LogP contribution in [0.15, 0.2) is 18.5 Å². The number of nitrogens with zero attached hydrogens (tertiary/aromatic N) is 5. The molecule has 20 heavy (non-hydrogen) atoms. The Bertz CT molecular complexity index is 631. The number of anilines is 1. The largest absolute Gasteiger partial charge is 0.453 e. The molecule has 1 saturated heterocycles. The molecule has 0 spiro atoms. The zero-order valence-electron chi connectivity index (χ0n) is 11.6. The lowest BCUT2D eigenvalue weighted by molar-refractivity contribution is 0.121. The van der Waals surface area contributed by atoms with Crippen molar-refractivity contribution in [2.45, 2.75) is 6.92 Å². The van der Waals surface area contributed by atoms with Gasteiger partial charge >= 0.3 is 6.09 Å². The van der Waals surface area contributed by atoms with Gasteiger partial charge in [0.05, 0.1) is 13.3 Å². The lowest BCUT2D eigenvalue weighted by Crippen LogP contribution is -2.49. The van der Waals surface area contributed by atoms with Gasteiger partial charge in [0.1, 0.15) is 5.82 Å². The highest BCUT2D eigenvalue weighted by molar-refractivity contribution is 5.68. The molecule has 3 heterocycles. The van der Waals surface area contributed by atoms with E-state index in [1.807, 2.05) is 19.2 Å². The Morgan fingerprint density at radius 1 is 1.30 bits per heavy atom. The minimum Gasteiger partial charge on any atom is -0.453 e. The molecular weight excluding hydrogens is 258 g/mol. The molecule has 1 aliphatic rings. The number of fused-ring (bicyclic) bond motifs is 1. The molecule has 0 atom stereocenters. The van der Waals surface area contributed by atoms with E-state index in [2.05, 4.69) is 15.0 Å². The van der Waals surface area contributed by atoms with Gasteiger partial charge in [0.15, 0.2) is 5.65 Å². The maximum Gasteiger partial charge on any atom is 0.409 e. The third-order valence-corrected chi connectivity index (χ3v) is 3.57. The van der Waals surface area contributed by atoms with E-state index < -0.39 is 0 Å². The fourth-order valence-corrected chi connectivity index (χ4v) is 2.40. The molecule has 7 nitrogen and oxygen atoms in total. The first-order valence-corrected chi connectivity index (χ1v) is 6.58. The van der Waals surface area contributed by atoms with Crippen molar-refractivity contribution in [3.05, 3.63) is 24.0 Å². The van der Waals surface area contributed by atoms with Crippen LogP contribution in [0.25, 0.3) is 5.65 Å². The number of amides is 1. The molecule has 1 amide bonds. The average molecular weight is 275 g/mol. The Hall–Kier alpha value is -2.31. The van der Waals surface area contributed by atoms with Crippen LogP contribution in [0.5, 0.6) is 0 Å². The molecule has 0 bridgehead atoms. The Morgan fingerprint density at radius 3 is 2.75 bits per heavy atom. The standard InChI is InChI=1S/C13H17N5O2/c1-10-9-14-18-4-3-11(15-12(10)18)16-5-7-17(8-6-16)13(19)20-2/h3-4,9H,5-8H2,1-2H3. The third-order valence-electron chi connectivity index (χ3n) is 3.57. The van der Waals surface area contributed by atoms with Gasteiger partial charge in [-0.05, 0) is 13.0 Å². The van der Waals surface area contributed by atoms with Crippen LogP contribution in [0.1, 0.15) is 5.56 Å². The van der Waals surface area contributed by atoms with Crippen molar-refractivity contribution in [3.63, 3.8) is 0 Å². The lowest BCUT2D eigenvalue weighted by atomic mass is 10.3. The predicted molar refractivity (Wildman–Crippen MR) is 73.9 cm³/mol. The van der Waals surface area contributed by atoms with Gasteiger partial charge in [0.2, 0.25) is 0 Å². The Kier molecular flexibility index (Phi) is 3.17. The van der Waals surface area contributed by atoms with Gasteiger partial charge in [-0.15, -0.1) is 0 Å². The summed E-state index contributed by atoms with van der Waals surface area (Å²) in [5.74, 6) is 0.922. The van der Waals surface area contributed by atoms with Crippen LogP contribution < -0.4 is 4.90 Å². The Balaban J connectivity index is 1.76. The van der Waals surface area contributed by atoms with Gasteiger partial charge < -0.3 is 14.5 Å². The number of methoxy groups -OCH3 is 1. The molecule has 7 heteroatoms.